The molecule has 0 saturated heterocycles. The molecule has 0 spiro atoms. The number of aromatic nitrogens is 3. The number of carbonyl (C=O) groups is 3. The molecule has 4 aromatic rings. The van der Waals surface area contributed by atoms with E-state index in [2.05, 4.69) is 0 Å². The average molecular weight is 874 g/mol. The molecule has 4 rings (SSSR count). The second kappa shape index (κ2) is 19.5. The van der Waals surface area contributed by atoms with Gasteiger partial charge in [-0.15, -0.1) is 0 Å². The van der Waals surface area contributed by atoms with Crippen molar-refractivity contribution < 1.29 is 44.2 Å². The lowest BCUT2D eigenvalue weighted by atomic mass is 9.83. The summed E-state index contributed by atoms with van der Waals surface area (Å²) < 4.78 is 0.283. The van der Waals surface area contributed by atoms with E-state index >= 15 is 0 Å². The maximum Gasteiger partial charge on any atom is 0.403 e. The number of phenols is 3. The fourth-order valence-electron chi connectivity index (χ4n) is 7.01. The lowest BCUT2D eigenvalue weighted by molar-refractivity contribution is -0.126. The Morgan fingerprint density at radius 1 is 0.444 bits per heavy atom. The minimum absolute atomic E-state index is 0.0675. The van der Waals surface area contributed by atoms with Gasteiger partial charge in [0.05, 0.1) is 0 Å². The molecule has 0 aliphatic carbocycles. The van der Waals surface area contributed by atoms with Gasteiger partial charge in [-0.2, -0.15) is 0 Å². The predicted octanol–water partition coefficient (Wildman–Crippen LogP) is 5.00. The molecule has 0 saturated carbocycles. The number of carbonyl (C=O) groups excluding carboxylic acids is 3. The molecule has 0 atom stereocenters. The lowest BCUT2D eigenvalue weighted by Gasteiger charge is -2.22. The van der Waals surface area contributed by atoms with Crippen molar-refractivity contribution in [3.8, 4) is 17.2 Å². The maximum absolute atomic E-state index is 13.5. The summed E-state index contributed by atoms with van der Waals surface area (Å²) >= 11 is 0. The molecule has 0 aliphatic heterocycles. The normalized spacial score (nSPS) is 12.0. The highest BCUT2D eigenvalue weighted by Gasteiger charge is 2.25. The van der Waals surface area contributed by atoms with Crippen LogP contribution in [0.3, 0.4) is 0 Å². The van der Waals surface area contributed by atoms with Crippen molar-refractivity contribution in [3.63, 3.8) is 0 Å². The predicted molar refractivity (Wildman–Crippen MR) is 238 cm³/mol. The monoisotopic (exact) mass is 873 g/mol. The van der Waals surface area contributed by atoms with Gasteiger partial charge in [-0.3, -0.25) is 14.4 Å². The molecule has 0 aliphatic rings. The van der Waals surface area contributed by atoms with Crippen molar-refractivity contribution in [1.29, 1.82) is 0 Å². The van der Waals surface area contributed by atoms with Crippen LogP contribution < -0.4 is 31.6 Å². The van der Waals surface area contributed by atoms with Gasteiger partial charge in [-0.1, -0.05) is 113 Å². The van der Waals surface area contributed by atoms with Crippen LogP contribution in [0.2, 0.25) is 0 Å². The number of ketones is 3. The summed E-state index contributed by atoms with van der Waals surface area (Å²) in [5.41, 5.74) is 0.908. The van der Waals surface area contributed by atoms with E-state index in [-0.39, 0.29) is 86.2 Å². The first kappa shape index (κ1) is 49.5. The Bertz CT molecular complexity index is 2250. The van der Waals surface area contributed by atoms with Crippen molar-refractivity contribution in [2.24, 2.45) is 0 Å². The van der Waals surface area contributed by atoms with E-state index in [4.69, 9.17) is 14.5 Å². The van der Waals surface area contributed by atoms with Crippen molar-refractivity contribution in [2.45, 2.75) is 138 Å². The Hall–Kier alpha value is -6.12. The Morgan fingerprint density at radius 2 is 0.667 bits per heavy atom. The number of Topliss-reactive ketones (excluding diaryl/α,β-unsaturated/α-hetero) is 3. The Labute approximate surface area is 367 Å². The number of rotatable bonds is 18. The van der Waals surface area contributed by atoms with E-state index in [9.17, 15) is 44.1 Å². The number of nitrogens with zero attached hydrogens (tertiary/aromatic N) is 3. The fourth-order valence-corrected chi connectivity index (χ4v) is 7.01. The summed E-state index contributed by atoms with van der Waals surface area (Å²) in [6.07, 6.45) is 0.559. The van der Waals surface area contributed by atoms with Crippen LogP contribution in [0, 0.1) is 20.8 Å². The number of aryl methyl sites for hydroxylation is 6. The number of hydrogen-bond donors (Lipinski definition) is 3. The average Bonchev–Trinajstić information content (AvgIpc) is 3.17. The third-order valence-electron chi connectivity index (χ3n) is 10.7. The van der Waals surface area contributed by atoms with Gasteiger partial charge in [0.2, 0.25) is 0 Å². The summed E-state index contributed by atoms with van der Waals surface area (Å²) in [6, 6.07) is 10.7. The topological polar surface area (TPSA) is 206 Å². The maximum atomic E-state index is 13.5. The van der Waals surface area contributed by atoms with Gasteiger partial charge in [0.25, 0.3) is 0 Å². The molecule has 0 radical (unpaired) electrons. The summed E-state index contributed by atoms with van der Waals surface area (Å²) in [5, 5.41) is 31.8. The highest BCUT2D eigenvalue weighted by atomic mass is 16.7. The Balaban J connectivity index is 1.55. The molecule has 15 nitrogen and oxygen atoms in total. The number of benzene rings is 3. The van der Waals surface area contributed by atoms with Crippen molar-refractivity contribution in [3.05, 3.63) is 118 Å². The highest BCUT2D eigenvalue weighted by molar-refractivity contribution is 5.80. The summed E-state index contributed by atoms with van der Waals surface area (Å²) in [4.78, 5) is 96.0. The molecule has 15 heteroatoms. The molecule has 0 bridgehead atoms. The molecular formula is C48H63N3O12. The molecule has 1 aromatic heterocycles. The van der Waals surface area contributed by atoms with E-state index in [1.54, 1.807) is 39.0 Å². The smallest absolute Gasteiger partial charge is 0.403 e. The molecule has 0 amide bonds. The number of phenolic OH excluding ortho intramolecular Hbond substituents is 3. The van der Waals surface area contributed by atoms with E-state index in [1.165, 1.54) is 0 Å². The first-order valence-corrected chi connectivity index (χ1v) is 21.0. The SMILES string of the molecule is Cc1cc(CCC(=O)COn2c(=O)n(OCC(=O)CCc3cc(C)c(O)c(C(C)(C)C)c3)c(=O)n(OCC(=O)CCc3cc(C)c(O)c(C(C)(C)C)c3)c2=O)cc(C(C)(C)C)c1O. The van der Waals surface area contributed by atoms with Crippen LogP contribution in [-0.2, 0) is 49.9 Å². The van der Waals surface area contributed by atoms with Crippen LogP contribution in [-0.4, -0.2) is 66.7 Å². The zero-order valence-electron chi connectivity index (χ0n) is 38.7. The molecule has 3 N–H and O–H groups in total. The van der Waals surface area contributed by atoms with Gasteiger partial charge < -0.3 is 29.8 Å². The van der Waals surface area contributed by atoms with Crippen LogP contribution in [0.4, 0.5) is 0 Å². The van der Waals surface area contributed by atoms with E-state index in [1.807, 2.05) is 80.5 Å². The van der Waals surface area contributed by atoms with Crippen LogP contribution in [0.5, 0.6) is 17.2 Å². The minimum atomic E-state index is -1.46. The van der Waals surface area contributed by atoms with Gasteiger partial charge in [0, 0.05) is 19.3 Å². The third-order valence-corrected chi connectivity index (χ3v) is 10.7. The molecule has 63 heavy (non-hydrogen) atoms. The van der Waals surface area contributed by atoms with Gasteiger partial charge >= 0.3 is 17.1 Å². The molecular weight excluding hydrogens is 811 g/mol. The molecule has 342 valence electrons. The first-order chi connectivity index (χ1) is 29.1. The van der Waals surface area contributed by atoms with Gasteiger partial charge in [-0.05, 0) is 106 Å². The van der Waals surface area contributed by atoms with E-state index < -0.39 is 54.2 Å². The van der Waals surface area contributed by atoms with E-state index in [0.717, 1.165) is 16.7 Å². The first-order valence-electron chi connectivity index (χ1n) is 21.0. The van der Waals surface area contributed by atoms with Crippen LogP contribution >= 0.6 is 0 Å². The van der Waals surface area contributed by atoms with E-state index in [0.29, 0.717) is 33.4 Å². The fraction of sp³-hybridized carbons (Fsp3) is 0.500. The molecule has 1 heterocycles. The lowest BCUT2D eigenvalue weighted by Crippen LogP contribution is -2.60. The zero-order valence-corrected chi connectivity index (χ0v) is 38.7. The third kappa shape index (κ3) is 12.5. The van der Waals surface area contributed by atoms with Crippen LogP contribution in [0.1, 0.15) is 132 Å². The van der Waals surface area contributed by atoms with Crippen LogP contribution in [0.25, 0.3) is 0 Å². The van der Waals surface area contributed by atoms with Gasteiger partial charge in [-0.25, -0.2) is 14.4 Å². The van der Waals surface area contributed by atoms with Gasteiger partial charge in [0.15, 0.2) is 37.2 Å². The molecule has 3 aromatic carbocycles. The number of hydrogen-bond acceptors (Lipinski definition) is 12. The van der Waals surface area contributed by atoms with Crippen molar-refractivity contribution >= 4 is 17.3 Å². The molecule has 0 unspecified atom stereocenters. The Morgan fingerprint density at radius 3 is 0.873 bits per heavy atom. The summed E-state index contributed by atoms with van der Waals surface area (Å²) in [7, 11) is 0. The number of aromatic hydroxyl groups is 3. The second-order valence-electron chi connectivity index (χ2n) is 19.3. The Kier molecular flexibility index (Phi) is 15.3. The quantitative estimate of drug-likeness (QED) is 0.121. The largest absolute Gasteiger partial charge is 0.507 e. The second-order valence-corrected chi connectivity index (χ2v) is 19.3. The standard InChI is InChI=1S/C48H63N3O12/c1-28-19-31(22-37(40(28)55)46(4,5)6)13-16-34(52)25-61-49-43(58)50(62-26-35(53)17-14-32-20-29(2)41(56)38(23-32)47(7,8)9)45(60)51(44(49)59)63-27-36(54)18-15-33-21-30(3)42(57)39(24-33)48(10,11)12/h19-24,55-57H,13-18,25-27H2,1-12H3. The van der Waals surface area contributed by atoms with Gasteiger partial charge in [0.1, 0.15) is 17.2 Å². The van der Waals surface area contributed by atoms with Crippen LogP contribution in [0.15, 0.2) is 50.8 Å². The van der Waals surface area contributed by atoms with Crippen molar-refractivity contribution in [1.82, 2.24) is 14.2 Å². The molecule has 0 fully saturated rings. The summed E-state index contributed by atoms with van der Waals surface area (Å²) in [5.74, 6) is -1.03. The highest BCUT2D eigenvalue weighted by Crippen LogP contribution is 2.36. The van der Waals surface area contributed by atoms with Crippen molar-refractivity contribution in [2.75, 3.05) is 19.8 Å². The zero-order chi connectivity index (χ0) is 47.4. The minimum Gasteiger partial charge on any atom is -0.507 e. The summed E-state index contributed by atoms with van der Waals surface area (Å²) in [6.45, 7) is 20.5.